The second-order valence-corrected chi connectivity index (χ2v) is 4.75. The van der Waals surface area contributed by atoms with Crippen LogP contribution in [0.25, 0.3) is 0 Å². The molecule has 0 aromatic rings. The quantitative estimate of drug-likeness (QED) is 0.306. The van der Waals surface area contributed by atoms with Gasteiger partial charge in [0.05, 0.1) is 0 Å². The van der Waals surface area contributed by atoms with Gasteiger partial charge in [-0.2, -0.15) is 61.5 Å². The van der Waals surface area contributed by atoms with E-state index in [2.05, 4.69) is 0 Å². The largest absolute Gasteiger partial charge is 0.428 e. The minimum atomic E-state index is -7.84. The van der Waals surface area contributed by atoms with Crippen LogP contribution in [0.2, 0.25) is 0 Å². The van der Waals surface area contributed by atoms with E-state index in [9.17, 15) is 79.0 Å². The van der Waals surface area contributed by atoms with E-state index in [1.165, 1.54) is 4.74 Å². The van der Waals surface area contributed by atoms with Crippen LogP contribution in [0.4, 0.5) is 79.0 Å². The van der Waals surface area contributed by atoms with Crippen molar-refractivity contribution in [2.75, 3.05) is 0 Å². The second kappa shape index (κ2) is 8.71. The zero-order valence-electron chi connectivity index (χ0n) is 13.2. The smallest absolute Gasteiger partial charge is 0.263 e. The third-order valence-corrected chi connectivity index (χ3v) is 2.48. The van der Waals surface area contributed by atoms with E-state index in [1.807, 2.05) is 0 Å². The lowest BCUT2D eigenvalue weighted by atomic mass is 10.2. The van der Waals surface area contributed by atoms with E-state index in [0.29, 0.717) is 0 Å². The zero-order chi connectivity index (χ0) is 25.4. The van der Waals surface area contributed by atoms with E-state index in [1.54, 1.807) is 9.47 Å². The molecular weight excluding hydrogens is 510 g/mol. The summed E-state index contributed by atoms with van der Waals surface area (Å²) >= 11 is 0. The zero-order valence-corrected chi connectivity index (χ0v) is 13.2. The Balaban J connectivity index is 6.66. The van der Waals surface area contributed by atoms with Crippen molar-refractivity contribution in [3.8, 4) is 0 Å². The van der Waals surface area contributed by atoms with Gasteiger partial charge in [-0.05, 0) is 0 Å². The molecule has 0 aliphatic heterocycles. The van der Waals surface area contributed by atoms with Gasteiger partial charge in [-0.3, -0.25) is 4.74 Å². The topological polar surface area (TPSA) is 27.7 Å². The molecule has 0 amide bonds. The third kappa shape index (κ3) is 6.20. The summed E-state index contributed by atoms with van der Waals surface area (Å²) in [6.07, 6.45) is -51.5. The van der Waals surface area contributed by atoms with Crippen LogP contribution in [0.3, 0.4) is 0 Å². The van der Waals surface area contributed by atoms with E-state index in [-0.39, 0.29) is 0 Å². The Morgan fingerprint density at radius 3 is 1.16 bits per heavy atom. The molecule has 3 nitrogen and oxygen atoms in total. The van der Waals surface area contributed by atoms with E-state index in [0.717, 1.165) is 0 Å². The van der Waals surface area contributed by atoms with Gasteiger partial charge in [-0.15, -0.1) is 0 Å². The molecule has 1 unspecified atom stereocenters. The van der Waals surface area contributed by atoms with Crippen LogP contribution in [0.15, 0.2) is 11.9 Å². The van der Waals surface area contributed by atoms with Gasteiger partial charge in [0.1, 0.15) is 0 Å². The van der Waals surface area contributed by atoms with E-state index in [4.69, 9.17) is 0 Å². The molecule has 0 fully saturated rings. The summed E-state index contributed by atoms with van der Waals surface area (Å²) in [6, 6.07) is 0. The van der Waals surface area contributed by atoms with Crippen molar-refractivity contribution in [1.82, 2.24) is 0 Å². The van der Waals surface area contributed by atoms with Gasteiger partial charge < -0.3 is 0 Å². The van der Waals surface area contributed by atoms with Crippen LogP contribution in [-0.2, 0) is 14.2 Å². The predicted octanol–water partition coefficient (Wildman–Crippen LogP) is 6.27. The lowest BCUT2D eigenvalue weighted by molar-refractivity contribution is -0.562. The van der Waals surface area contributed by atoms with Crippen molar-refractivity contribution in [1.29, 1.82) is 0 Å². The van der Waals surface area contributed by atoms with Crippen LogP contribution in [0.5, 0.6) is 0 Å². The van der Waals surface area contributed by atoms with Crippen LogP contribution in [0, 0.1) is 0 Å². The highest BCUT2D eigenvalue weighted by molar-refractivity contribution is 5.02. The number of hydrogen-bond acceptors (Lipinski definition) is 3. The van der Waals surface area contributed by atoms with E-state index < -0.39 is 61.2 Å². The van der Waals surface area contributed by atoms with Crippen molar-refractivity contribution in [3.63, 3.8) is 0 Å². The summed E-state index contributed by atoms with van der Waals surface area (Å²) in [5, 5.41) is 0. The Hall–Kier alpha value is -1.64. The van der Waals surface area contributed by atoms with Crippen LogP contribution < -0.4 is 0 Å². The summed E-state index contributed by atoms with van der Waals surface area (Å²) in [5.41, 5.74) is 0. The Kier molecular flexibility index (Phi) is 8.25. The molecule has 0 heterocycles. The normalized spacial score (nSPS) is 16.6. The summed E-state index contributed by atoms with van der Waals surface area (Å²) in [4.78, 5) is 0. The Labute approximate surface area is 156 Å². The molecule has 0 radical (unpaired) electrons. The number of hydrogen-bond donors (Lipinski definition) is 0. The number of rotatable bonds is 11. The van der Waals surface area contributed by atoms with Gasteiger partial charge in [-0.1, -0.05) is 0 Å². The van der Waals surface area contributed by atoms with Gasteiger partial charge in [0.15, 0.2) is 0 Å². The monoisotopic (exact) mass is 512 g/mol. The fourth-order valence-corrected chi connectivity index (χ4v) is 1.18. The van der Waals surface area contributed by atoms with Crippen LogP contribution in [-0.4, -0.2) is 49.2 Å². The molecule has 21 heteroatoms. The lowest BCUT2D eigenvalue weighted by Crippen LogP contribution is -2.66. The van der Waals surface area contributed by atoms with Gasteiger partial charge in [-0.25, -0.2) is 27.0 Å². The summed E-state index contributed by atoms with van der Waals surface area (Å²) in [7, 11) is 0. The molecule has 0 rings (SSSR count). The minimum absolute atomic E-state index is 1.53. The van der Waals surface area contributed by atoms with Crippen molar-refractivity contribution >= 4 is 0 Å². The Bertz CT molecular complexity index is 655. The molecule has 0 aliphatic carbocycles. The van der Waals surface area contributed by atoms with Crippen LogP contribution in [0.1, 0.15) is 0 Å². The van der Waals surface area contributed by atoms with E-state index >= 15 is 0 Å². The van der Waals surface area contributed by atoms with Gasteiger partial charge in [0.2, 0.25) is 0 Å². The van der Waals surface area contributed by atoms with Crippen molar-refractivity contribution in [2.45, 2.75) is 49.2 Å². The summed E-state index contributed by atoms with van der Waals surface area (Å²) in [6.45, 7) is 0. The fraction of sp³-hybridized carbons (Fsp3) is 0.800. The molecule has 31 heavy (non-hydrogen) atoms. The first-order chi connectivity index (χ1) is 13.4. The van der Waals surface area contributed by atoms with Gasteiger partial charge in [0, 0.05) is 0 Å². The lowest BCUT2D eigenvalue weighted by Gasteiger charge is -2.40. The highest BCUT2D eigenvalue weighted by Gasteiger charge is 2.81. The number of ether oxygens (including phenoxy) is 3. The minimum Gasteiger partial charge on any atom is -0.263 e. The SMILES string of the molecule is FC(F)=C(F)C(F)(F)OC(F)(F)C(F)(OC(F)(F)C(F)F)C(F)(F)OC(F)(F)C(F)F. The molecule has 0 bridgehead atoms. The fourth-order valence-electron chi connectivity index (χ4n) is 1.18. The maximum Gasteiger partial charge on any atom is 0.428 e. The molecule has 1 atom stereocenters. The first-order valence-corrected chi connectivity index (χ1v) is 6.32. The summed E-state index contributed by atoms with van der Waals surface area (Å²) < 4.78 is 232. The van der Waals surface area contributed by atoms with Gasteiger partial charge in [0.25, 0.3) is 5.83 Å². The maximum absolute atomic E-state index is 14.0. The van der Waals surface area contributed by atoms with Crippen molar-refractivity contribution < 1.29 is 93.2 Å². The highest BCUT2D eigenvalue weighted by Crippen LogP contribution is 2.54. The molecule has 0 spiro atoms. The first kappa shape index (κ1) is 29.4. The average molecular weight is 512 g/mol. The molecule has 0 N–H and O–H groups in total. The average Bonchev–Trinajstić information content (AvgIpc) is 2.50. The standard InChI is InChI=1S/C10H2F18O3/c11-1(2(12)13)5(18,19)30-9(25,26)8(24,29-6(20,21)3(14)15)10(27,28)31-7(22,23)4(16)17/h3-4H. The predicted molar refractivity (Wildman–Crippen MR) is 54.2 cm³/mol. The second-order valence-electron chi connectivity index (χ2n) is 4.75. The molecule has 0 aliphatic rings. The van der Waals surface area contributed by atoms with Gasteiger partial charge >= 0.3 is 55.3 Å². The third-order valence-electron chi connectivity index (χ3n) is 2.48. The van der Waals surface area contributed by atoms with Crippen molar-refractivity contribution in [3.05, 3.63) is 11.9 Å². The molecule has 0 aromatic heterocycles. The number of halogens is 18. The maximum atomic E-state index is 14.0. The highest BCUT2D eigenvalue weighted by atomic mass is 19.3. The Morgan fingerprint density at radius 2 is 0.839 bits per heavy atom. The molecule has 0 saturated carbocycles. The van der Waals surface area contributed by atoms with Crippen molar-refractivity contribution in [2.24, 2.45) is 0 Å². The summed E-state index contributed by atoms with van der Waals surface area (Å²) in [5.74, 6) is -12.3. The number of alkyl halides is 15. The molecule has 0 aromatic carbocycles. The Morgan fingerprint density at radius 1 is 0.516 bits per heavy atom. The van der Waals surface area contributed by atoms with Crippen LogP contribution >= 0.6 is 0 Å². The molecule has 186 valence electrons. The molecule has 0 saturated heterocycles. The first-order valence-electron chi connectivity index (χ1n) is 6.32. The molecular formula is C10H2F18O3.